The summed E-state index contributed by atoms with van der Waals surface area (Å²) in [5.41, 5.74) is 0.632. The number of hydrogen-bond acceptors (Lipinski definition) is 4. The number of ether oxygens (including phenoxy) is 2. The third-order valence-electron chi connectivity index (χ3n) is 3.81. The van der Waals surface area contributed by atoms with Gasteiger partial charge in [0.2, 0.25) is 0 Å². The van der Waals surface area contributed by atoms with Crippen LogP contribution < -0.4 is 10.1 Å². The third-order valence-corrected chi connectivity index (χ3v) is 3.81. The number of carbonyl (C=O) groups is 1. The van der Waals surface area contributed by atoms with E-state index in [-0.39, 0.29) is 5.97 Å². The molecular formula is C15H21NO3. The lowest BCUT2D eigenvalue weighted by Gasteiger charge is -2.21. The minimum atomic E-state index is -0.554. The van der Waals surface area contributed by atoms with E-state index in [9.17, 15) is 4.79 Å². The van der Waals surface area contributed by atoms with Gasteiger partial charge in [-0.05, 0) is 43.9 Å². The molecule has 4 nitrogen and oxygen atoms in total. The smallest absolute Gasteiger partial charge is 0.325 e. The van der Waals surface area contributed by atoms with Gasteiger partial charge in [0, 0.05) is 0 Å². The zero-order valence-electron chi connectivity index (χ0n) is 11.7. The SMILES string of the molecule is COC(=O)C1(C)CC(Cc2ccccc2OC)CN1. The highest BCUT2D eigenvalue weighted by atomic mass is 16.5. The Morgan fingerprint density at radius 3 is 2.84 bits per heavy atom. The first kappa shape index (κ1) is 13.9. The Labute approximate surface area is 114 Å². The van der Waals surface area contributed by atoms with Gasteiger partial charge in [0.25, 0.3) is 0 Å². The average Bonchev–Trinajstić information content (AvgIpc) is 2.81. The minimum absolute atomic E-state index is 0.185. The number of esters is 1. The van der Waals surface area contributed by atoms with Gasteiger partial charge in [-0.3, -0.25) is 4.79 Å². The second-order valence-corrected chi connectivity index (χ2v) is 5.29. The first-order valence-electron chi connectivity index (χ1n) is 6.54. The molecule has 0 aliphatic carbocycles. The van der Waals surface area contributed by atoms with Crippen LogP contribution in [0.1, 0.15) is 18.9 Å². The summed E-state index contributed by atoms with van der Waals surface area (Å²) in [6.45, 7) is 2.73. The van der Waals surface area contributed by atoms with E-state index < -0.39 is 5.54 Å². The van der Waals surface area contributed by atoms with Gasteiger partial charge in [-0.2, -0.15) is 0 Å². The standard InChI is InChI=1S/C15H21NO3/c1-15(14(17)19-3)9-11(10-16-15)8-12-6-4-5-7-13(12)18-2/h4-7,11,16H,8-10H2,1-3H3. The lowest BCUT2D eigenvalue weighted by atomic mass is 9.90. The molecule has 4 heteroatoms. The van der Waals surface area contributed by atoms with Crippen molar-refractivity contribution in [3.8, 4) is 5.75 Å². The van der Waals surface area contributed by atoms with E-state index in [0.717, 1.165) is 25.1 Å². The van der Waals surface area contributed by atoms with Gasteiger partial charge >= 0.3 is 5.97 Å². The van der Waals surface area contributed by atoms with Gasteiger partial charge in [0.05, 0.1) is 14.2 Å². The summed E-state index contributed by atoms with van der Waals surface area (Å²) in [4.78, 5) is 11.7. The molecule has 0 amide bonds. The maximum absolute atomic E-state index is 11.7. The minimum Gasteiger partial charge on any atom is -0.496 e. The second kappa shape index (κ2) is 5.61. The Bertz CT molecular complexity index is 460. The van der Waals surface area contributed by atoms with Crippen molar-refractivity contribution in [2.45, 2.75) is 25.3 Å². The van der Waals surface area contributed by atoms with Crippen molar-refractivity contribution in [2.24, 2.45) is 5.92 Å². The molecule has 1 fully saturated rings. The molecule has 0 spiro atoms. The van der Waals surface area contributed by atoms with Gasteiger partial charge in [-0.15, -0.1) is 0 Å². The number of para-hydroxylation sites is 1. The number of hydrogen-bond donors (Lipinski definition) is 1. The molecule has 0 bridgehead atoms. The van der Waals surface area contributed by atoms with Crippen LogP contribution in [-0.4, -0.2) is 32.3 Å². The molecule has 19 heavy (non-hydrogen) atoms. The molecule has 2 unspecified atom stereocenters. The Kier molecular flexibility index (Phi) is 4.10. The lowest BCUT2D eigenvalue weighted by molar-refractivity contribution is -0.147. The van der Waals surface area contributed by atoms with Crippen molar-refractivity contribution in [1.82, 2.24) is 5.32 Å². The van der Waals surface area contributed by atoms with Crippen LogP contribution in [0.3, 0.4) is 0 Å². The Morgan fingerprint density at radius 1 is 1.42 bits per heavy atom. The van der Waals surface area contributed by atoms with E-state index in [4.69, 9.17) is 9.47 Å². The zero-order valence-corrected chi connectivity index (χ0v) is 11.7. The molecule has 1 N–H and O–H groups in total. The van der Waals surface area contributed by atoms with Crippen LogP contribution in [0.15, 0.2) is 24.3 Å². The second-order valence-electron chi connectivity index (χ2n) is 5.29. The van der Waals surface area contributed by atoms with Crippen LogP contribution in [0.5, 0.6) is 5.75 Å². The van der Waals surface area contributed by atoms with Crippen LogP contribution in [0.25, 0.3) is 0 Å². The molecule has 0 aromatic heterocycles. The quantitative estimate of drug-likeness (QED) is 0.841. The predicted molar refractivity (Wildman–Crippen MR) is 73.2 cm³/mol. The number of nitrogens with one attached hydrogen (secondary N) is 1. The largest absolute Gasteiger partial charge is 0.496 e. The molecule has 1 saturated heterocycles. The van der Waals surface area contributed by atoms with Crippen LogP contribution in [0.4, 0.5) is 0 Å². The van der Waals surface area contributed by atoms with Crippen molar-refractivity contribution in [3.05, 3.63) is 29.8 Å². The van der Waals surface area contributed by atoms with E-state index >= 15 is 0 Å². The maximum atomic E-state index is 11.7. The summed E-state index contributed by atoms with van der Waals surface area (Å²) in [5, 5.41) is 3.28. The normalized spacial score (nSPS) is 26.2. The van der Waals surface area contributed by atoms with Crippen molar-refractivity contribution < 1.29 is 14.3 Å². The molecule has 2 atom stereocenters. The Morgan fingerprint density at radius 2 is 2.16 bits per heavy atom. The fourth-order valence-corrected chi connectivity index (χ4v) is 2.80. The predicted octanol–water partition coefficient (Wildman–Crippen LogP) is 1.78. The van der Waals surface area contributed by atoms with E-state index in [1.54, 1.807) is 7.11 Å². The summed E-state index contributed by atoms with van der Waals surface area (Å²) in [6.07, 6.45) is 1.70. The summed E-state index contributed by atoms with van der Waals surface area (Å²) in [5.74, 6) is 1.14. The Balaban J connectivity index is 2.04. The topological polar surface area (TPSA) is 47.6 Å². The van der Waals surface area contributed by atoms with Gasteiger partial charge in [0.15, 0.2) is 0 Å². The van der Waals surface area contributed by atoms with Gasteiger partial charge in [-0.1, -0.05) is 18.2 Å². The van der Waals surface area contributed by atoms with Crippen LogP contribution in [0, 0.1) is 5.92 Å². The summed E-state index contributed by atoms with van der Waals surface area (Å²) in [7, 11) is 3.12. The zero-order chi connectivity index (χ0) is 13.9. The van der Waals surface area contributed by atoms with Crippen LogP contribution in [0.2, 0.25) is 0 Å². The summed E-state index contributed by atoms with van der Waals surface area (Å²) >= 11 is 0. The number of benzene rings is 1. The van der Waals surface area contributed by atoms with Crippen molar-refractivity contribution in [3.63, 3.8) is 0 Å². The fourth-order valence-electron chi connectivity index (χ4n) is 2.80. The fraction of sp³-hybridized carbons (Fsp3) is 0.533. The van der Waals surface area contributed by atoms with Crippen molar-refractivity contribution in [1.29, 1.82) is 0 Å². The number of rotatable bonds is 4. The highest BCUT2D eigenvalue weighted by Crippen LogP contribution is 2.30. The third kappa shape index (κ3) is 2.89. The van der Waals surface area contributed by atoms with Crippen molar-refractivity contribution >= 4 is 5.97 Å². The molecule has 1 aromatic rings. The molecule has 1 heterocycles. The highest BCUT2D eigenvalue weighted by molar-refractivity contribution is 5.80. The molecule has 2 rings (SSSR count). The molecule has 1 aliphatic rings. The number of methoxy groups -OCH3 is 2. The molecule has 0 radical (unpaired) electrons. The van der Waals surface area contributed by atoms with Crippen LogP contribution in [-0.2, 0) is 16.0 Å². The van der Waals surface area contributed by atoms with E-state index in [0.29, 0.717) is 5.92 Å². The lowest BCUT2D eigenvalue weighted by Crippen LogP contribution is -2.45. The van der Waals surface area contributed by atoms with E-state index in [1.165, 1.54) is 12.7 Å². The van der Waals surface area contributed by atoms with Crippen LogP contribution >= 0.6 is 0 Å². The molecule has 0 saturated carbocycles. The van der Waals surface area contributed by atoms with E-state index in [1.807, 2.05) is 25.1 Å². The van der Waals surface area contributed by atoms with Gasteiger partial charge in [-0.25, -0.2) is 0 Å². The molecular weight excluding hydrogens is 242 g/mol. The van der Waals surface area contributed by atoms with Gasteiger partial charge < -0.3 is 14.8 Å². The molecule has 104 valence electrons. The first-order valence-corrected chi connectivity index (χ1v) is 6.54. The Hall–Kier alpha value is -1.55. The number of carbonyl (C=O) groups excluding carboxylic acids is 1. The van der Waals surface area contributed by atoms with E-state index in [2.05, 4.69) is 11.4 Å². The molecule has 1 aromatic carbocycles. The van der Waals surface area contributed by atoms with Crippen molar-refractivity contribution in [2.75, 3.05) is 20.8 Å². The monoisotopic (exact) mass is 263 g/mol. The average molecular weight is 263 g/mol. The summed E-state index contributed by atoms with van der Waals surface area (Å²) in [6, 6.07) is 8.03. The van der Waals surface area contributed by atoms with Gasteiger partial charge in [0.1, 0.15) is 11.3 Å². The molecule has 1 aliphatic heterocycles. The first-order chi connectivity index (χ1) is 9.09. The summed E-state index contributed by atoms with van der Waals surface area (Å²) < 4.78 is 10.2. The highest BCUT2D eigenvalue weighted by Gasteiger charge is 2.41. The maximum Gasteiger partial charge on any atom is 0.325 e.